The predicted octanol–water partition coefficient (Wildman–Crippen LogP) is 1.70. The average molecular weight is 294 g/mol. The number of anilines is 1. The van der Waals surface area contributed by atoms with Crippen LogP contribution in [0.4, 0.5) is 5.69 Å². The number of benzene rings is 1. The molecular weight excluding hydrogens is 278 g/mol. The van der Waals surface area contributed by atoms with E-state index in [1.54, 1.807) is 18.2 Å². The molecule has 0 amide bonds. The highest BCUT2D eigenvalue weighted by Crippen LogP contribution is 2.19. The van der Waals surface area contributed by atoms with E-state index in [1.807, 2.05) is 6.92 Å². The molecule has 6 heteroatoms. The van der Waals surface area contributed by atoms with E-state index in [4.69, 9.17) is 17.3 Å². The highest BCUT2D eigenvalue weighted by atomic mass is 35.5. The minimum atomic E-state index is -0.323. The van der Waals surface area contributed by atoms with Gasteiger partial charge in [-0.25, -0.2) is 4.79 Å². The second kappa shape index (κ2) is 5.96. The van der Waals surface area contributed by atoms with Crippen molar-refractivity contribution < 1.29 is 0 Å². The molecule has 0 saturated carbocycles. The lowest BCUT2D eigenvalue weighted by atomic mass is 10.2. The molecule has 2 N–H and O–H groups in total. The van der Waals surface area contributed by atoms with Crippen molar-refractivity contribution in [2.75, 3.05) is 5.73 Å². The summed E-state index contributed by atoms with van der Waals surface area (Å²) in [6.45, 7) is 2.74. The first kappa shape index (κ1) is 14.4. The summed E-state index contributed by atoms with van der Waals surface area (Å²) >= 11 is 5.85. The molecule has 0 radical (unpaired) electrons. The van der Waals surface area contributed by atoms with Crippen molar-refractivity contribution in [2.45, 2.75) is 26.4 Å². The summed E-state index contributed by atoms with van der Waals surface area (Å²) in [5.74, 6) is 0. The molecular formula is C14H16ClN3O2. The molecule has 1 aromatic heterocycles. The van der Waals surface area contributed by atoms with Crippen LogP contribution in [0.3, 0.4) is 0 Å². The molecule has 1 heterocycles. The van der Waals surface area contributed by atoms with Gasteiger partial charge in [-0.3, -0.25) is 9.36 Å². The van der Waals surface area contributed by atoms with Gasteiger partial charge in [-0.05, 0) is 24.1 Å². The van der Waals surface area contributed by atoms with Crippen LogP contribution in [-0.4, -0.2) is 9.13 Å². The van der Waals surface area contributed by atoms with Crippen LogP contribution in [0.25, 0.3) is 0 Å². The molecule has 0 aliphatic rings. The Balaban J connectivity index is 2.42. The van der Waals surface area contributed by atoms with Gasteiger partial charge in [0.2, 0.25) is 0 Å². The lowest BCUT2D eigenvalue weighted by Crippen LogP contribution is -2.39. The van der Waals surface area contributed by atoms with Gasteiger partial charge in [-0.2, -0.15) is 0 Å². The van der Waals surface area contributed by atoms with Crippen molar-refractivity contribution in [1.82, 2.24) is 9.13 Å². The molecule has 106 valence electrons. The van der Waals surface area contributed by atoms with Crippen molar-refractivity contribution in [2.24, 2.45) is 0 Å². The molecule has 1 aromatic carbocycles. The molecule has 0 saturated heterocycles. The number of rotatable bonds is 4. The molecule has 2 rings (SSSR count). The minimum absolute atomic E-state index is 0.184. The Kier molecular flexibility index (Phi) is 4.29. The third-order valence-corrected chi connectivity index (χ3v) is 3.35. The highest BCUT2D eigenvalue weighted by Gasteiger charge is 2.06. The van der Waals surface area contributed by atoms with Gasteiger partial charge in [-0.1, -0.05) is 24.6 Å². The van der Waals surface area contributed by atoms with Crippen molar-refractivity contribution in [1.29, 1.82) is 0 Å². The number of nitrogens with two attached hydrogens (primary N) is 1. The average Bonchev–Trinajstić information content (AvgIpc) is 2.42. The molecule has 0 aliphatic carbocycles. The van der Waals surface area contributed by atoms with Crippen molar-refractivity contribution in [3.63, 3.8) is 0 Å². The summed E-state index contributed by atoms with van der Waals surface area (Å²) in [6.07, 6.45) is 2.35. The lowest BCUT2D eigenvalue weighted by molar-refractivity contribution is 0.571. The quantitative estimate of drug-likeness (QED) is 0.872. The van der Waals surface area contributed by atoms with Gasteiger partial charge < -0.3 is 10.3 Å². The molecule has 0 atom stereocenters. The highest BCUT2D eigenvalue weighted by molar-refractivity contribution is 6.33. The smallest absolute Gasteiger partial charge is 0.331 e. The number of nitrogens with zero attached hydrogens (tertiary/aromatic N) is 2. The van der Waals surface area contributed by atoms with Gasteiger partial charge in [0, 0.05) is 18.8 Å². The Morgan fingerprint density at radius 1 is 1.25 bits per heavy atom. The van der Waals surface area contributed by atoms with Crippen LogP contribution >= 0.6 is 11.6 Å². The fourth-order valence-electron chi connectivity index (χ4n) is 1.99. The van der Waals surface area contributed by atoms with E-state index in [-0.39, 0.29) is 17.8 Å². The minimum Gasteiger partial charge on any atom is -0.398 e. The number of aromatic nitrogens is 2. The summed E-state index contributed by atoms with van der Waals surface area (Å²) < 4.78 is 2.72. The van der Waals surface area contributed by atoms with Gasteiger partial charge in [-0.15, -0.1) is 0 Å². The largest absolute Gasteiger partial charge is 0.398 e. The van der Waals surface area contributed by atoms with Crippen LogP contribution < -0.4 is 17.0 Å². The van der Waals surface area contributed by atoms with Crippen LogP contribution in [0.15, 0.2) is 40.1 Å². The van der Waals surface area contributed by atoms with Crippen LogP contribution in [0, 0.1) is 0 Å². The second-order valence-corrected chi connectivity index (χ2v) is 4.98. The lowest BCUT2D eigenvalue weighted by Gasteiger charge is -2.09. The fourth-order valence-corrected chi connectivity index (χ4v) is 2.11. The molecule has 0 aliphatic heterocycles. The summed E-state index contributed by atoms with van der Waals surface area (Å²) in [5.41, 5.74) is 6.29. The zero-order valence-electron chi connectivity index (χ0n) is 11.2. The normalized spacial score (nSPS) is 10.7. The summed E-state index contributed by atoms with van der Waals surface area (Å²) in [7, 11) is 0. The molecule has 0 spiro atoms. The molecule has 0 bridgehead atoms. The van der Waals surface area contributed by atoms with Crippen molar-refractivity contribution in [3.8, 4) is 0 Å². The Hall–Kier alpha value is -2.01. The monoisotopic (exact) mass is 293 g/mol. The standard InChI is InChI=1S/C14H16ClN3O2/c1-2-6-17-7-5-13(19)18(14(17)20)9-10-3-4-11(15)12(16)8-10/h3-5,7-8H,2,6,9,16H2,1H3. The maximum Gasteiger partial charge on any atom is 0.331 e. The number of nitrogen functional groups attached to an aromatic ring is 1. The second-order valence-electron chi connectivity index (χ2n) is 4.57. The third kappa shape index (κ3) is 2.93. The van der Waals surface area contributed by atoms with E-state index in [0.717, 1.165) is 12.0 Å². The van der Waals surface area contributed by atoms with Crippen LogP contribution in [0.2, 0.25) is 5.02 Å². The Labute approximate surface area is 121 Å². The van der Waals surface area contributed by atoms with Gasteiger partial charge in [0.1, 0.15) is 0 Å². The van der Waals surface area contributed by atoms with E-state index in [9.17, 15) is 9.59 Å². The zero-order valence-corrected chi connectivity index (χ0v) is 11.9. The van der Waals surface area contributed by atoms with Crippen molar-refractivity contribution in [3.05, 3.63) is 61.9 Å². The maximum atomic E-state index is 12.2. The number of aryl methyl sites for hydroxylation is 1. The van der Waals surface area contributed by atoms with Gasteiger partial charge in [0.25, 0.3) is 5.56 Å². The summed E-state index contributed by atoms with van der Waals surface area (Å²) in [4.78, 5) is 24.0. The third-order valence-electron chi connectivity index (χ3n) is 3.01. The van der Waals surface area contributed by atoms with Crippen LogP contribution in [-0.2, 0) is 13.1 Å². The Bertz CT molecular complexity index is 734. The first-order valence-electron chi connectivity index (χ1n) is 6.37. The molecule has 0 unspecified atom stereocenters. The number of hydrogen-bond donors (Lipinski definition) is 1. The SMILES string of the molecule is CCCn1ccc(=O)n(Cc2ccc(Cl)c(N)c2)c1=O. The molecule has 2 aromatic rings. The zero-order chi connectivity index (χ0) is 14.7. The number of hydrogen-bond acceptors (Lipinski definition) is 3. The van der Waals surface area contributed by atoms with Crippen LogP contribution in [0.1, 0.15) is 18.9 Å². The van der Waals surface area contributed by atoms with E-state index < -0.39 is 0 Å². The van der Waals surface area contributed by atoms with Gasteiger partial charge in [0.05, 0.1) is 17.3 Å². The van der Waals surface area contributed by atoms with Crippen LogP contribution in [0.5, 0.6) is 0 Å². The van der Waals surface area contributed by atoms with Crippen molar-refractivity contribution >= 4 is 17.3 Å². The first-order valence-corrected chi connectivity index (χ1v) is 6.75. The van der Waals surface area contributed by atoms with E-state index in [2.05, 4.69) is 0 Å². The Morgan fingerprint density at radius 3 is 2.65 bits per heavy atom. The number of halogens is 1. The van der Waals surface area contributed by atoms with Gasteiger partial charge in [0.15, 0.2) is 0 Å². The fraction of sp³-hybridized carbons (Fsp3) is 0.286. The molecule has 0 fully saturated rings. The van der Waals surface area contributed by atoms with Gasteiger partial charge >= 0.3 is 5.69 Å². The maximum absolute atomic E-state index is 12.2. The van der Waals surface area contributed by atoms with E-state index >= 15 is 0 Å². The van der Waals surface area contributed by atoms with E-state index in [0.29, 0.717) is 17.3 Å². The predicted molar refractivity (Wildman–Crippen MR) is 80.2 cm³/mol. The summed E-state index contributed by atoms with van der Waals surface area (Å²) in [5, 5.41) is 0.456. The van der Waals surface area contributed by atoms with E-state index in [1.165, 1.54) is 21.4 Å². The Morgan fingerprint density at radius 2 is 2.00 bits per heavy atom. The molecule has 5 nitrogen and oxygen atoms in total. The molecule has 20 heavy (non-hydrogen) atoms. The summed E-state index contributed by atoms with van der Waals surface area (Å²) in [6, 6.07) is 6.48. The topological polar surface area (TPSA) is 70.0 Å². The first-order chi connectivity index (χ1) is 9.52.